The molecule has 0 aliphatic carbocycles. The summed E-state index contributed by atoms with van der Waals surface area (Å²) in [6, 6.07) is 8.35. The Hall–Kier alpha value is -0.640. The maximum atomic E-state index is 4.25. The van der Waals surface area contributed by atoms with Crippen LogP contribution in [0.4, 0.5) is 0 Å². The summed E-state index contributed by atoms with van der Waals surface area (Å²) in [6.07, 6.45) is 1.86. The molecule has 1 heterocycles. The van der Waals surface area contributed by atoms with Gasteiger partial charge in [0.25, 0.3) is 0 Å². The molecule has 0 radical (unpaired) electrons. The molecule has 0 aliphatic heterocycles. The lowest BCUT2D eigenvalue weighted by atomic mass is 10.1. The van der Waals surface area contributed by atoms with Crippen molar-refractivity contribution in [3.63, 3.8) is 0 Å². The Morgan fingerprint density at radius 3 is 2.75 bits per heavy atom. The number of halogens is 1. The third-order valence-corrected chi connectivity index (χ3v) is 2.89. The van der Waals surface area contributed by atoms with Crippen molar-refractivity contribution < 1.29 is 0 Å². The Balaban J connectivity index is 2.94. The molecule has 0 amide bonds. The second-order valence-electron chi connectivity index (χ2n) is 2.73. The van der Waals surface area contributed by atoms with Crippen LogP contribution < -0.4 is 0 Å². The van der Waals surface area contributed by atoms with Crippen molar-refractivity contribution in [2.45, 2.75) is 6.92 Å². The maximum absolute atomic E-state index is 4.25. The highest BCUT2D eigenvalue weighted by molar-refractivity contribution is 14.1. The molecule has 0 unspecified atom stereocenters. The summed E-state index contributed by atoms with van der Waals surface area (Å²) >= 11 is 2.35. The Kier molecular flexibility index (Phi) is 2.00. The molecule has 60 valence electrons. The zero-order valence-electron chi connectivity index (χ0n) is 6.71. The minimum Gasteiger partial charge on any atom is -0.261 e. The number of pyridine rings is 1. The van der Waals surface area contributed by atoms with E-state index in [0.717, 1.165) is 5.69 Å². The quantitative estimate of drug-likeness (QED) is 0.669. The van der Waals surface area contributed by atoms with Crippen molar-refractivity contribution >= 4 is 33.4 Å². The Morgan fingerprint density at radius 1 is 1.17 bits per heavy atom. The van der Waals surface area contributed by atoms with Crippen molar-refractivity contribution in [2.75, 3.05) is 0 Å². The highest BCUT2D eigenvalue weighted by atomic mass is 127. The lowest BCUT2D eigenvalue weighted by Crippen LogP contribution is -1.84. The molecule has 0 spiro atoms. The molecule has 2 heteroatoms. The predicted octanol–water partition coefficient (Wildman–Crippen LogP) is 3.15. The third kappa shape index (κ3) is 1.20. The fourth-order valence-corrected chi connectivity index (χ4v) is 1.99. The van der Waals surface area contributed by atoms with Gasteiger partial charge in [-0.15, -0.1) is 0 Å². The molecule has 0 N–H and O–H groups in total. The van der Waals surface area contributed by atoms with Crippen molar-refractivity contribution in [3.05, 3.63) is 39.7 Å². The van der Waals surface area contributed by atoms with E-state index in [-0.39, 0.29) is 0 Å². The van der Waals surface area contributed by atoms with E-state index < -0.39 is 0 Å². The smallest absolute Gasteiger partial charge is 0.0451 e. The standard InChI is InChI=1S/C10H8IN/c1-7-8-3-2-4-10(11)9(8)5-6-12-7/h2-6H,1H3. The van der Waals surface area contributed by atoms with Gasteiger partial charge in [0.15, 0.2) is 0 Å². The maximum Gasteiger partial charge on any atom is 0.0451 e. The van der Waals surface area contributed by atoms with Gasteiger partial charge in [-0.2, -0.15) is 0 Å². The van der Waals surface area contributed by atoms with E-state index in [1.165, 1.54) is 14.3 Å². The van der Waals surface area contributed by atoms with Gasteiger partial charge in [0.2, 0.25) is 0 Å². The van der Waals surface area contributed by atoms with Gasteiger partial charge in [-0.3, -0.25) is 4.98 Å². The molecule has 0 fully saturated rings. The van der Waals surface area contributed by atoms with Crippen molar-refractivity contribution in [2.24, 2.45) is 0 Å². The molecule has 12 heavy (non-hydrogen) atoms. The number of hydrogen-bond acceptors (Lipinski definition) is 1. The monoisotopic (exact) mass is 269 g/mol. The highest BCUT2D eigenvalue weighted by Gasteiger charge is 1.99. The molecule has 0 saturated heterocycles. The van der Waals surface area contributed by atoms with Crippen LogP contribution in [0.3, 0.4) is 0 Å². The van der Waals surface area contributed by atoms with Gasteiger partial charge in [-0.1, -0.05) is 12.1 Å². The first-order valence-electron chi connectivity index (χ1n) is 3.79. The van der Waals surface area contributed by atoms with Gasteiger partial charge in [-0.25, -0.2) is 0 Å². The topological polar surface area (TPSA) is 12.9 Å². The van der Waals surface area contributed by atoms with Crippen LogP contribution in [-0.2, 0) is 0 Å². The van der Waals surface area contributed by atoms with Gasteiger partial charge in [-0.05, 0) is 47.0 Å². The summed E-state index contributed by atoms with van der Waals surface area (Å²) in [5.74, 6) is 0. The second kappa shape index (κ2) is 3.01. The van der Waals surface area contributed by atoms with Gasteiger partial charge < -0.3 is 0 Å². The summed E-state index contributed by atoms with van der Waals surface area (Å²) in [5.41, 5.74) is 1.10. The van der Waals surface area contributed by atoms with Crippen LogP contribution >= 0.6 is 22.6 Å². The van der Waals surface area contributed by atoms with Crippen molar-refractivity contribution in [1.29, 1.82) is 0 Å². The summed E-state index contributed by atoms with van der Waals surface area (Å²) in [6.45, 7) is 2.04. The number of benzene rings is 1. The van der Waals surface area contributed by atoms with Crippen LogP contribution in [0.15, 0.2) is 30.5 Å². The van der Waals surface area contributed by atoms with Crippen LogP contribution in [0.2, 0.25) is 0 Å². The average Bonchev–Trinajstić information content (AvgIpc) is 2.07. The number of rotatable bonds is 0. The summed E-state index contributed by atoms with van der Waals surface area (Å²) in [5, 5.41) is 2.55. The number of aryl methyl sites for hydroxylation is 1. The number of aromatic nitrogens is 1. The van der Waals surface area contributed by atoms with E-state index in [1.807, 2.05) is 13.1 Å². The van der Waals surface area contributed by atoms with Gasteiger partial charge in [0.05, 0.1) is 0 Å². The highest BCUT2D eigenvalue weighted by Crippen LogP contribution is 2.21. The first kappa shape index (κ1) is 7.98. The molecule has 0 bridgehead atoms. The zero-order chi connectivity index (χ0) is 8.55. The zero-order valence-corrected chi connectivity index (χ0v) is 8.87. The Bertz CT molecular complexity index is 382. The summed E-state index contributed by atoms with van der Waals surface area (Å²) in [7, 11) is 0. The van der Waals surface area contributed by atoms with E-state index in [2.05, 4.69) is 51.8 Å². The first-order valence-corrected chi connectivity index (χ1v) is 4.87. The molecular weight excluding hydrogens is 261 g/mol. The van der Waals surface area contributed by atoms with Crippen LogP contribution in [0, 0.1) is 10.5 Å². The Morgan fingerprint density at radius 2 is 2.00 bits per heavy atom. The molecule has 0 aliphatic rings. The van der Waals surface area contributed by atoms with E-state index in [9.17, 15) is 0 Å². The fourth-order valence-electron chi connectivity index (χ4n) is 1.32. The lowest BCUT2D eigenvalue weighted by molar-refractivity contribution is 1.23. The third-order valence-electron chi connectivity index (χ3n) is 1.95. The number of hydrogen-bond donors (Lipinski definition) is 0. The minimum atomic E-state index is 1.10. The molecule has 2 rings (SSSR count). The normalized spacial score (nSPS) is 10.5. The molecule has 0 atom stereocenters. The first-order chi connectivity index (χ1) is 5.79. The van der Waals surface area contributed by atoms with Crippen LogP contribution in [-0.4, -0.2) is 4.98 Å². The second-order valence-corrected chi connectivity index (χ2v) is 3.89. The molecule has 1 aromatic heterocycles. The molecule has 1 nitrogen and oxygen atoms in total. The van der Waals surface area contributed by atoms with Crippen molar-refractivity contribution in [1.82, 2.24) is 4.98 Å². The van der Waals surface area contributed by atoms with Crippen LogP contribution in [0.5, 0.6) is 0 Å². The largest absolute Gasteiger partial charge is 0.261 e. The van der Waals surface area contributed by atoms with Crippen LogP contribution in [0.25, 0.3) is 10.8 Å². The van der Waals surface area contributed by atoms with E-state index in [0.29, 0.717) is 0 Å². The molecule has 0 saturated carbocycles. The van der Waals surface area contributed by atoms with Crippen molar-refractivity contribution in [3.8, 4) is 0 Å². The average molecular weight is 269 g/mol. The minimum absolute atomic E-state index is 1.10. The van der Waals surface area contributed by atoms with E-state index in [4.69, 9.17) is 0 Å². The van der Waals surface area contributed by atoms with E-state index in [1.54, 1.807) is 0 Å². The predicted molar refractivity (Wildman–Crippen MR) is 59.2 cm³/mol. The van der Waals surface area contributed by atoms with E-state index >= 15 is 0 Å². The summed E-state index contributed by atoms with van der Waals surface area (Å²) < 4.78 is 1.29. The SMILES string of the molecule is Cc1nccc2c(I)cccc12. The number of fused-ring (bicyclic) bond motifs is 1. The molecular formula is C10H8IN. The fraction of sp³-hybridized carbons (Fsp3) is 0.100. The Labute approximate surface area is 85.0 Å². The summed E-state index contributed by atoms with van der Waals surface area (Å²) in [4.78, 5) is 4.25. The molecule has 1 aromatic carbocycles. The van der Waals surface area contributed by atoms with Gasteiger partial charge in [0, 0.05) is 20.8 Å². The lowest BCUT2D eigenvalue weighted by Gasteiger charge is -2.01. The van der Waals surface area contributed by atoms with Crippen LogP contribution in [0.1, 0.15) is 5.69 Å². The van der Waals surface area contributed by atoms with Gasteiger partial charge in [0.1, 0.15) is 0 Å². The van der Waals surface area contributed by atoms with Gasteiger partial charge >= 0.3 is 0 Å². The number of nitrogens with zero attached hydrogens (tertiary/aromatic N) is 1. The molecule has 2 aromatic rings.